The summed E-state index contributed by atoms with van der Waals surface area (Å²) in [5, 5.41) is 11.1. The maximum atomic E-state index is 14.0. The number of fused-ring (bicyclic) bond motifs is 1. The Balaban J connectivity index is 1.46. The first kappa shape index (κ1) is 19.4. The van der Waals surface area contributed by atoms with E-state index in [4.69, 9.17) is 5.84 Å². The fraction of sp³-hybridized carbons (Fsp3) is 0.286. The van der Waals surface area contributed by atoms with Gasteiger partial charge >= 0.3 is 0 Å². The summed E-state index contributed by atoms with van der Waals surface area (Å²) in [4.78, 5) is 12.8. The van der Waals surface area contributed by atoms with Gasteiger partial charge in [-0.1, -0.05) is 48.2 Å². The Hall–Kier alpha value is -2.87. The van der Waals surface area contributed by atoms with Crippen molar-refractivity contribution in [1.82, 2.24) is 20.2 Å². The molecule has 150 valence electrons. The van der Waals surface area contributed by atoms with Crippen LogP contribution in [0.15, 0.2) is 53.7 Å². The molecule has 0 radical (unpaired) electrons. The minimum atomic E-state index is -0.427. The van der Waals surface area contributed by atoms with E-state index in [-0.39, 0.29) is 23.3 Å². The van der Waals surface area contributed by atoms with Crippen LogP contribution in [0.5, 0.6) is 0 Å². The molecule has 0 unspecified atom stereocenters. The van der Waals surface area contributed by atoms with E-state index in [0.29, 0.717) is 5.16 Å². The third kappa shape index (κ3) is 3.98. The molecule has 2 aromatic carbocycles. The number of thioether (sulfide) groups is 1. The lowest BCUT2D eigenvalue weighted by atomic mass is 9.88. The standard InChI is InChI=1S/C21H22FN5OS/c1-13(20(28)24-18-12-6-8-14-7-2-3-9-15(14)18)29-21-26-25-19(27(21)23)16-10-4-5-11-17(16)22/h2-5,7,9-11,13,18H,6,8,12,23H2,1H3,(H,24,28)/t13-,18-/m1/s1. The largest absolute Gasteiger partial charge is 0.348 e. The van der Waals surface area contributed by atoms with Crippen LogP contribution in [-0.2, 0) is 11.2 Å². The predicted molar refractivity (Wildman–Crippen MR) is 111 cm³/mol. The molecule has 1 aliphatic carbocycles. The van der Waals surface area contributed by atoms with E-state index < -0.39 is 11.1 Å². The molecule has 0 aliphatic heterocycles. The highest BCUT2D eigenvalue weighted by Crippen LogP contribution is 2.31. The lowest BCUT2D eigenvalue weighted by Gasteiger charge is -2.27. The molecule has 8 heteroatoms. The topological polar surface area (TPSA) is 85.8 Å². The number of aromatic nitrogens is 3. The lowest BCUT2D eigenvalue weighted by Crippen LogP contribution is -2.36. The van der Waals surface area contributed by atoms with Crippen LogP contribution in [0.4, 0.5) is 4.39 Å². The van der Waals surface area contributed by atoms with E-state index in [0.717, 1.165) is 19.3 Å². The molecule has 0 bridgehead atoms. The van der Waals surface area contributed by atoms with Crippen LogP contribution in [-0.4, -0.2) is 26.0 Å². The first-order valence-electron chi connectivity index (χ1n) is 9.55. The SMILES string of the molecule is C[C@@H](Sc1nnc(-c2ccccc2F)n1N)C(=O)N[C@@H]1CCCc2ccccc21. The third-order valence-corrected chi connectivity index (χ3v) is 6.17. The Labute approximate surface area is 172 Å². The number of nitrogens with one attached hydrogen (secondary N) is 1. The number of amides is 1. The number of nitrogens with two attached hydrogens (primary N) is 1. The molecular formula is C21H22FN5OS. The van der Waals surface area contributed by atoms with Crippen molar-refractivity contribution in [2.24, 2.45) is 0 Å². The molecule has 1 heterocycles. The first-order chi connectivity index (χ1) is 14.0. The van der Waals surface area contributed by atoms with Crippen molar-refractivity contribution in [1.29, 1.82) is 0 Å². The molecule has 1 amide bonds. The molecule has 0 spiro atoms. The van der Waals surface area contributed by atoms with Gasteiger partial charge < -0.3 is 11.2 Å². The maximum Gasteiger partial charge on any atom is 0.233 e. The molecular weight excluding hydrogens is 389 g/mol. The van der Waals surface area contributed by atoms with Crippen molar-refractivity contribution < 1.29 is 9.18 Å². The van der Waals surface area contributed by atoms with E-state index in [1.54, 1.807) is 25.1 Å². The van der Waals surface area contributed by atoms with Crippen LogP contribution in [0, 0.1) is 5.82 Å². The molecule has 3 aromatic rings. The maximum absolute atomic E-state index is 14.0. The van der Waals surface area contributed by atoms with Crippen molar-refractivity contribution in [3.63, 3.8) is 0 Å². The number of carbonyl (C=O) groups excluding carboxylic acids is 1. The molecule has 29 heavy (non-hydrogen) atoms. The summed E-state index contributed by atoms with van der Waals surface area (Å²) in [6.45, 7) is 1.80. The van der Waals surface area contributed by atoms with Gasteiger partial charge in [0.15, 0.2) is 5.82 Å². The van der Waals surface area contributed by atoms with Crippen molar-refractivity contribution in [2.75, 3.05) is 5.84 Å². The third-order valence-electron chi connectivity index (χ3n) is 5.12. The molecule has 0 saturated carbocycles. The highest BCUT2D eigenvalue weighted by Gasteiger charge is 2.25. The minimum Gasteiger partial charge on any atom is -0.348 e. The summed E-state index contributed by atoms with van der Waals surface area (Å²) in [5.41, 5.74) is 2.75. The fourth-order valence-electron chi connectivity index (χ4n) is 3.59. The van der Waals surface area contributed by atoms with Gasteiger partial charge in [-0.2, -0.15) is 0 Å². The Morgan fingerprint density at radius 2 is 2.00 bits per heavy atom. The number of hydrogen-bond acceptors (Lipinski definition) is 5. The van der Waals surface area contributed by atoms with Crippen molar-refractivity contribution in [3.05, 3.63) is 65.5 Å². The van der Waals surface area contributed by atoms with Crippen molar-refractivity contribution in [2.45, 2.75) is 42.6 Å². The Bertz CT molecular complexity index is 1040. The van der Waals surface area contributed by atoms with Crippen LogP contribution >= 0.6 is 11.8 Å². The monoisotopic (exact) mass is 411 g/mol. The van der Waals surface area contributed by atoms with Gasteiger partial charge in [0, 0.05) is 0 Å². The molecule has 4 rings (SSSR count). The number of benzene rings is 2. The summed E-state index contributed by atoms with van der Waals surface area (Å²) >= 11 is 1.20. The van der Waals surface area contributed by atoms with E-state index in [2.05, 4.69) is 27.6 Å². The quantitative estimate of drug-likeness (QED) is 0.496. The Morgan fingerprint density at radius 3 is 2.83 bits per heavy atom. The summed E-state index contributed by atoms with van der Waals surface area (Å²) in [6, 6.07) is 14.5. The van der Waals surface area contributed by atoms with Gasteiger partial charge in [0.2, 0.25) is 11.1 Å². The summed E-state index contributed by atoms with van der Waals surface area (Å²) < 4.78 is 15.3. The number of aryl methyl sites for hydroxylation is 1. The summed E-state index contributed by atoms with van der Waals surface area (Å²) in [6.07, 6.45) is 3.01. The highest BCUT2D eigenvalue weighted by molar-refractivity contribution is 8.00. The zero-order chi connectivity index (χ0) is 20.4. The summed E-state index contributed by atoms with van der Waals surface area (Å²) in [5.74, 6) is 5.78. The van der Waals surface area contributed by atoms with Crippen LogP contribution in [0.2, 0.25) is 0 Å². The molecule has 0 fully saturated rings. The van der Waals surface area contributed by atoms with Gasteiger partial charge in [0.25, 0.3) is 0 Å². The van der Waals surface area contributed by atoms with Crippen LogP contribution in [0.25, 0.3) is 11.4 Å². The summed E-state index contributed by atoms with van der Waals surface area (Å²) in [7, 11) is 0. The average molecular weight is 412 g/mol. The molecule has 1 aromatic heterocycles. The first-order valence-corrected chi connectivity index (χ1v) is 10.4. The second-order valence-electron chi connectivity index (χ2n) is 7.07. The second-order valence-corrected chi connectivity index (χ2v) is 8.38. The Morgan fingerprint density at radius 1 is 1.24 bits per heavy atom. The molecule has 1 aliphatic rings. The van der Waals surface area contributed by atoms with E-state index in [1.165, 1.54) is 33.6 Å². The zero-order valence-corrected chi connectivity index (χ0v) is 16.8. The molecule has 2 atom stereocenters. The zero-order valence-electron chi connectivity index (χ0n) is 16.0. The number of carbonyl (C=O) groups is 1. The normalized spacial score (nSPS) is 16.8. The number of rotatable bonds is 5. The van der Waals surface area contributed by atoms with Crippen molar-refractivity contribution in [3.8, 4) is 11.4 Å². The van der Waals surface area contributed by atoms with Gasteiger partial charge in [-0.05, 0) is 49.4 Å². The highest BCUT2D eigenvalue weighted by atomic mass is 32.2. The predicted octanol–water partition coefficient (Wildman–Crippen LogP) is 3.47. The van der Waals surface area contributed by atoms with Gasteiger partial charge in [-0.25, -0.2) is 9.07 Å². The van der Waals surface area contributed by atoms with Crippen LogP contribution in [0.3, 0.4) is 0 Å². The Kier molecular flexibility index (Phi) is 5.53. The van der Waals surface area contributed by atoms with Gasteiger partial charge in [-0.15, -0.1) is 10.2 Å². The van der Waals surface area contributed by atoms with Crippen molar-refractivity contribution >= 4 is 17.7 Å². The molecule has 0 saturated heterocycles. The van der Waals surface area contributed by atoms with Crippen LogP contribution in [0.1, 0.15) is 36.9 Å². The number of hydrogen-bond donors (Lipinski definition) is 2. The molecule has 6 nitrogen and oxygen atoms in total. The minimum absolute atomic E-state index is 0.0141. The van der Waals surface area contributed by atoms with E-state index in [1.807, 2.05) is 12.1 Å². The smallest absolute Gasteiger partial charge is 0.233 e. The lowest BCUT2D eigenvalue weighted by molar-refractivity contribution is -0.121. The number of nitrogens with zero attached hydrogens (tertiary/aromatic N) is 3. The average Bonchev–Trinajstić information content (AvgIpc) is 3.08. The fourth-order valence-corrected chi connectivity index (χ4v) is 4.37. The van der Waals surface area contributed by atoms with E-state index >= 15 is 0 Å². The van der Waals surface area contributed by atoms with Gasteiger partial charge in [-0.3, -0.25) is 4.79 Å². The molecule has 3 N–H and O–H groups in total. The van der Waals surface area contributed by atoms with Crippen LogP contribution < -0.4 is 11.2 Å². The van der Waals surface area contributed by atoms with Gasteiger partial charge in [0.1, 0.15) is 5.82 Å². The van der Waals surface area contributed by atoms with E-state index in [9.17, 15) is 9.18 Å². The number of halogens is 1. The van der Waals surface area contributed by atoms with Gasteiger partial charge in [0.05, 0.1) is 16.9 Å². The number of nitrogen functional groups attached to an aromatic ring is 1. The second kappa shape index (κ2) is 8.24.